The molecule has 0 aliphatic rings. The molecule has 98 valence electrons. The molecular weight excluding hydrogens is 309 g/mol. The van der Waals surface area contributed by atoms with Crippen molar-refractivity contribution in [3.8, 4) is 0 Å². The van der Waals surface area contributed by atoms with Gasteiger partial charge in [0.15, 0.2) is 0 Å². The summed E-state index contributed by atoms with van der Waals surface area (Å²) >= 11 is 3.35. The Morgan fingerprint density at radius 3 is 2.47 bits per heavy atom. The third kappa shape index (κ3) is 3.41. The minimum atomic E-state index is -0.278. The van der Waals surface area contributed by atoms with Crippen LogP contribution in [0.1, 0.15) is 21.5 Å². The van der Waals surface area contributed by atoms with Gasteiger partial charge in [-0.25, -0.2) is 4.39 Å². The number of rotatable bonds is 3. The molecule has 0 saturated carbocycles. The van der Waals surface area contributed by atoms with Crippen molar-refractivity contribution in [3.05, 3.63) is 65.0 Å². The third-order valence-electron chi connectivity index (χ3n) is 2.79. The van der Waals surface area contributed by atoms with Crippen LogP contribution in [0.3, 0.4) is 0 Å². The molecule has 0 atom stereocenters. The van der Waals surface area contributed by atoms with Crippen LogP contribution in [-0.4, -0.2) is 5.91 Å². The fraction of sp³-hybridized carbons (Fsp3) is 0.133. The van der Waals surface area contributed by atoms with E-state index >= 15 is 0 Å². The van der Waals surface area contributed by atoms with Gasteiger partial charge in [-0.05, 0) is 48.4 Å². The van der Waals surface area contributed by atoms with Crippen LogP contribution < -0.4 is 5.32 Å². The number of carbonyl (C=O) groups is 1. The number of nitrogens with one attached hydrogen (secondary N) is 1. The second-order valence-corrected chi connectivity index (χ2v) is 4.81. The number of aryl methyl sites for hydroxylation is 1. The van der Waals surface area contributed by atoms with E-state index in [0.717, 1.165) is 10.9 Å². The van der Waals surface area contributed by atoms with Crippen LogP contribution in [0.4, 0.5) is 10.1 Å². The largest absolute Gasteiger partial charge is 0.322 e. The van der Waals surface area contributed by atoms with Crippen LogP contribution in [0.15, 0.2) is 42.5 Å². The van der Waals surface area contributed by atoms with Gasteiger partial charge >= 0.3 is 0 Å². The molecule has 4 heteroatoms. The Morgan fingerprint density at radius 1 is 1.21 bits per heavy atom. The quantitative estimate of drug-likeness (QED) is 0.840. The fourth-order valence-corrected chi connectivity index (χ4v) is 2.04. The summed E-state index contributed by atoms with van der Waals surface area (Å²) in [6.07, 6.45) is 0. The van der Waals surface area contributed by atoms with Crippen molar-refractivity contribution < 1.29 is 9.18 Å². The molecule has 0 saturated heterocycles. The van der Waals surface area contributed by atoms with Gasteiger partial charge in [0.1, 0.15) is 5.82 Å². The lowest BCUT2D eigenvalue weighted by Crippen LogP contribution is -2.12. The van der Waals surface area contributed by atoms with Crippen LogP contribution in [0.25, 0.3) is 0 Å². The molecule has 0 radical (unpaired) electrons. The minimum Gasteiger partial charge on any atom is -0.322 e. The van der Waals surface area contributed by atoms with Gasteiger partial charge in [0.25, 0.3) is 5.91 Å². The van der Waals surface area contributed by atoms with E-state index in [2.05, 4.69) is 21.2 Å². The third-order valence-corrected chi connectivity index (χ3v) is 3.43. The topological polar surface area (TPSA) is 29.1 Å². The zero-order valence-electron chi connectivity index (χ0n) is 10.4. The van der Waals surface area contributed by atoms with Crippen LogP contribution in [0, 0.1) is 12.7 Å². The smallest absolute Gasteiger partial charge is 0.255 e. The monoisotopic (exact) mass is 321 g/mol. The Hall–Kier alpha value is -1.68. The molecule has 0 heterocycles. The second-order valence-electron chi connectivity index (χ2n) is 4.25. The Labute approximate surface area is 119 Å². The highest BCUT2D eigenvalue weighted by Crippen LogP contribution is 2.15. The summed E-state index contributed by atoms with van der Waals surface area (Å²) < 4.78 is 13.1. The maximum Gasteiger partial charge on any atom is 0.255 e. The van der Waals surface area contributed by atoms with Gasteiger partial charge in [-0.2, -0.15) is 0 Å². The van der Waals surface area contributed by atoms with E-state index in [-0.39, 0.29) is 11.7 Å². The first-order valence-corrected chi connectivity index (χ1v) is 6.94. The molecular formula is C15H13BrFNO. The molecule has 2 aromatic rings. The lowest BCUT2D eigenvalue weighted by atomic mass is 10.1. The molecule has 2 rings (SSSR count). The molecule has 0 bridgehead atoms. The van der Waals surface area contributed by atoms with Gasteiger partial charge < -0.3 is 5.32 Å². The molecule has 1 amide bonds. The second kappa shape index (κ2) is 5.97. The number of hydrogen-bond acceptors (Lipinski definition) is 1. The summed E-state index contributed by atoms with van der Waals surface area (Å²) in [6, 6.07) is 11.8. The lowest BCUT2D eigenvalue weighted by Gasteiger charge is -2.07. The predicted octanol–water partition coefficient (Wildman–Crippen LogP) is 4.28. The van der Waals surface area contributed by atoms with E-state index < -0.39 is 0 Å². The van der Waals surface area contributed by atoms with Crippen LogP contribution >= 0.6 is 15.9 Å². The minimum absolute atomic E-state index is 0.202. The molecule has 0 fully saturated rings. The molecule has 0 unspecified atom stereocenters. The predicted molar refractivity (Wildman–Crippen MR) is 78.2 cm³/mol. The number of alkyl halides is 1. The molecule has 19 heavy (non-hydrogen) atoms. The highest BCUT2D eigenvalue weighted by atomic mass is 79.9. The average Bonchev–Trinajstić information content (AvgIpc) is 2.43. The summed E-state index contributed by atoms with van der Waals surface area (Å²) in [7, 11) is 0. The van der Waals surface area contributed by atoms with E-state index in [4.69, 9.17) is 0 Å². The summed E-state index contributed by atoms with van der Waals surface area (Å²) in [5.74, 6) is -0.480. The van der Waals surface area contributed by atoms with E-state index in [9.17, 15) is 9.18 Å². The van der Waals surface area contributed by atoms with Gasteiger partial charge in [0, 0.05) is 16.6 Å². The molecule has 0 aliphatic carbocycles. The number of halogens is 2. The van der Waals surface area contributed by atoms with Crippen molar-refractivity contribution in [3.63, 3.8) is 0 Å². The van der Waals surface area contributed by atoms with E-state index in [1.807, 2.05) is 12.1 Å². The maximum absolute atomic E-state index is 13.1. The highest BCUT2D eigenvalue weighted by molar-refractivity contribution is 9.08. The molecule has 0 aliphatic heterocycles. The standard InChI is InChI=1S/C15H13BrFNO/c1-10-8-13(6-7-14(10)17)18-15(19)12-4-2-11(9-16)3-5-12/h2-8H,9H2,1H3,(H,18,19). The zero-order valence-corrected chi connectivity index (χ0v) is 12.0. The van der Waals surface area contributed by atoms with Crippen LogP contribution in [0.2, 0.25) is 0 Å². The Bertz CT molecular complexity index is 596. The van der Waals surface area contributed by atoms with E-state index in [0.29, 0.717) is 16.8 Å². The number of anilines is 1. The number of hydrogen-bond donors (Lipinski definition) is 1. The zero-order chi connectivity index (χ0) is 13.8. The molecule has 2 nitrogen and oxygen atoms in total. The van der Waals surface area contributed by atoms with E-state index in [1.165, 1.54) is 6.07 Å². The van der Waals surface area contributed by atoms with Crippen LogP contribution in [-0.2, 0) is 5.33 Å². The van der Waals surface area contributed by atoms with Crippen molar-refractivity contribution in [1.82, 2.24) is 0 Å². The molecule has 0 aromatic heterocycles. The van der Waals surface area contributed by atoms with Crippen LogP contribution in [0.5, 0.6) is 0 Å². The normalized spacial score (nSPS) is 10.3. The Kier molecular flexibility index (Phi) is 4.32. The Balaban J connectivity index is 2.13. The van der Waals surface area contributed by atoms with Gasteiger partial charge in [0.05, 0.1) is 0 Å². The van der Waals surface area contributed by atoms with Crippen molar-refractivity contribution in [2.75, 3.05) is 5.32 Å². The summed E-state index contributed by atoms with van der Waals surface area (Å²) in [5.41, 5.74) is 2.78. The highest BCUT2D eigenvalue weighted by Gasteiger charge is 2.07. The maximum atomic E-state index is 13.1. The van der Waals surface area contributed by atoms with Gasteiger partial charge in [-0.3, -0.25) is 4.79 Å². The number of benzene rings is 2. The first kappa shape index (κ1) is 13.7. The molecule has 2 aromatic carbocycles. The number of amides is 1. The molecule has 1 N–H and O–H groups in total. The van der Waals surface area contributed by atoms with Crippen molar-refractivity contribution in [2.45, 2.75) is 12.3 Å². The first-order valence-electron chi connectivity index (χ1n) is 5.82. The van der Waals surface area contributed by atoms with Gasteiger partial charge in [-0.1, -0.05) is 28.1 Å². The summed E-state index contributed by atoms with van der Waals surface area (Å²) in [4.78, 5) is 12.0. The number of carbonyl (C=O) groups excluding carboxylic acids is 1. The van der Waals surface area contributed by atoms with Crippen molar-refractivity contribution in [2.24, 2.45) is 0 Å². The summed E-state index contributed by atoms with van der Waals surface area (Å²) in [6.45, 7) is 1.66. The Morgan fingerprint density at radius 2 is 1.89 bits per heavy atom. The fourth-order valence-electron chi connectivity index (χ4n) is 1.67. The molecule has 0 spiro atoms. The van der Waals surface area contributed by atoms with Crippen molar-refractivity contribution >= 4 is 27.5 Å². The first-order chi connectivity index (χ1) is 9.10. The van der Waals surface area contributed by atoms with E-state index in [1.54, 1.807) is 31.2 Å². The lowest BCUT2D eigenvalue weighted by molar-refractivity contribution is 0.102. The SMILES string of the molecule is Cc1cc(NC(=O)c2ccc(CBr)cc2)ccc1F. The van der Waals surface area contributed by atoms with Gasteiger partial charge in [-0.15, -0.1) is 0 Å². The average molecular weight is 322 g/mol. The van der Waals surface area contributed by atoms with Crippen molar-refractivity contribution in [1.29, 1.82) is 0 Å². The summed E-state index contributed by atoms with van der Waals surface area (Å²) in [5, 5.41) is 3.50. The van der Waals surface area contributed by atoms with Gasteiger partial charge in [0.2, 0.25) is 0 Å².